The van der Waals surface area contributed by atoms with Gasteiger partial charge in [-0.3, -0.25) is 9.80 Å². The molecule has 0 aromatic heterocycles. The molecular formula is C18H28N2O. The van der Waals surface area contributed by atoms with Crippen molar-refractivity contribution in [3.05, 3.63) is 35.9 Å². The Balaban J connectivity index is 1.53. The third kappa shape index (κ3) is 3.47. The van der Waals surface area contributed by atoms with Crippen molar-refractivity contribution in [2.45, 2.75) is 50.8 Å². The van der Waals surface area contributed by atoms with Crippen LogP contribution >= 0.6 is 0 Å². The summed E-state index contributed by atoms with van der Waals surface area (Å²) < 4.78 is 0. The SMILES string of the molecule is C[C@@H]1CN2C[C@H](O)C[C@@H]2CN1CC[C@H](C)c1ccccc1. The summed E-state index contributed by atoms with van der Waals surface area (Å²) in [5.41, 5.74) is 1.44. The maximum absolute atomic E-state index is 9.84. The Morgan fingerprint density at radius 2 is 1.95 bits per heavy atom. The summed E-state index contributed by atoms with van der Waals surface area (Å²) in [6.07, 6.45) is 2.06. The highest BCUT2D eigenvalue weighted by Gasteiger charge is 2.37. The number of benzene rings is 1. The van der Waals surface area contributed by atoms with Crippen molar-refractivity contribution in [3.8, 4) is 0 Å². The lowest BCUT2D eigenvalue weighted by Gasteiger charge is -2.42. The zero-order valence-electron chi connectivity index (χ0n) is 13.3. The summed E-state index contributed by atoms with van der Waals surface area (Å²) in [6, 6.07) is 12.0. The fourth-order valence-electron chi connectivity index (χ4n) is 3.90. The van der Waals surface area contributed by atoms with E-state index in [0.29, 0.717) is 18.0 Å². The summed E-state index contributed by atoms with van der Waals surface area (Å²) >= 11 is 0. The monoisotopic (exact) mass is 288 g/mol. The van der Waals surface area contributed by atoms with Gasteiger partial charge < -0.3 is 5.11 Å². The molecule has 0 aliphatic carbocycles. The molecule has 1 aromatic carbocycles. The second kappa shape index (κ2) is 6.47. The smallest absolute Gasteiger partial charge is 0.0682 e. The molecule has 3 nitrogen and oxygen atoms in total. The molecule has 2 saturated heterocycles. The molecule has 0 spiro atoms. The highest BCUT2D eigenvalue weighted by Crippen LogP contribution is 2.26. The summed E-state index contributed by atoms with van der Waals surface area (Å²) in [7, 11) is 0. The standard InChI is InChI=1S/C18H28N2O/c1-14(16-6-4-3-5-7-16)8-9-19-12-17-10-18(21)13-20(17)11-15(19)2/h3-7,14-15,17-18,21H,8-13H2,1-2H3/t14-,15+,17+,18+/m0/s1. The van der Waals surface area contributed by atoms with E-state index in [1.807, 2.05) is 0 Å². The second-order valence-electron chi connectivity index (χ2n) is 6.94. The van der Waals surface area contributed by atoms with Crippen LogP contribution in [0, 0.1) is 0 Å². The maximum atomic E-state index is 9.84. The first-order valence-electron chi connectivity index (χ1n) is 8.34. The van der Waals surface area contributed by atoms with Gasteiger partial charge in [-0.05, 0) is 37.8 Å². The van der Waals surface area contributed by atoms with E-state index in [9.17, 15) is 5.11 Å². The molecule has 0 radical (unpaired) electrons. The average Bonchev–Trinajstić information content (AvgIpc) is 2.84. The number of aliphatic hydroxyl groups is 1. The number of piperazine rings is 1. The predicted molar refractivity (Wildman–Crippen MR) is 86.5 cm³/mol. The maximum Gasteiger partial charge on any atom is 0.0682 e. The van der Waals surface area contributed by atoms with Gasteiger partial charge in [-0.25, -0.2) is 0 Å². The summed E-state index contributed by atoms with van der Waals surface area (Å²) in [4.78, 5) is 5.10. The van der Waals surface area contributed by atoms with Gasteiger partial charge in [0, 0.05) is 31.7 Å². The Labute approximate surface area is 128 Å². The van der Waals surface area contributed by atoms with E-state index in [-0.39, 0.29) is 6.10 Å². The summed E-state index contributed by atoms with van der Waals surface area (Å²) in [6.45, 7) is 8.94. The fraction of sp³-hybridized carbons (Fsp3) is 0.667. The zero-order valence-corrected chi connectivity index (χ0v) is 13.3. The molecule has 0 saturated carbocycles. The Hall–Kier alpha value is -0.900. The van der Waals surface area contributed by atoms with Gasteiger partial charge in [0.2, 0.25) is 0 Å². The van der Waals surface area contributed by atoms with E-state index < -0.39 is 0 Å². The average molecular weight is 288 g/mol. The molecule has 21 heavy (non-hydrogen) atoms. The topological polar surface area (TPSA) is 26.7 Å². The summed E-state index contributed by atoms with van der Waals surface area (Å²) in [5.74, 6) is 0.616. The van der Waals surface area contributed by atoms with Gasteiger partial charge in [0.1, 0.15) is 0 Å². The minimum atomic E-state index is -0.106. The minimum absolute atomic E-state index is 0.106. The lowest BCUT2D eigenvalue weighted by atomic mass is 9.97. The molecule has 116 valence electrons. The number of fused-ring (bicyclic) bond motifs is 1. The van der Waals surface area contributed by atoms with Crippen LogP contribution in [0.15, 0.2) is 30.3 Å². The molecule has 0 amide bonds. The van der Waals surface area contributed by atoms with Gasteiger partial charge in [0.25, 0.3) is 0 Å². The number of nitrogens with zero attached hydrogens (tertiary/aromatic N) is 2. The Kier molecular flexibility index (Phi) is 4.63. The normalized spacial score (nSPS) is 32.0. The predicted octanol–water partition coefficient (Wildman–Crippen LogP) is 2.32. The fourth-order valence-corrected chi connectivity index (χ4v) is 3.90. The Morgan fingerprint density at radius 1 is 1.19 bits per heavy atom. The molecule has 2 heterocycles. The molecule has 2 aliphatic heterocycles. The summed E-state index contributed by atoms with van der Waals surface area (Å²) in [5, 5.41) is 9.84. The van der Waals surface area contributed by atoms with Crippen molar-refractivity contribution in [3.63, 3.8) is 0 Å². The van der Waals surface area contributed by atoms with E-state index in [4.69, 9.17) is 0 Å². The molecule has 4 atom stereocenters. The molecule has 2 fully saturated rings. The van der Waals surface area contributed by atoms with Crippen molar-refractivity contribution in [2.24, 2.45) is 0 Å². The van der Waals surface area contributed by atoms with Crippen molar-refractivity contribution >= 4 is 0 Å². The van der Waals surface area contributed by atoms with Crippen molar-refractivity contribution < 1.29 is 5.11 Å². The van der Waals surface area contributed by atoms with Crippen LogP contribution in [0.3, 0.4) is 0 Å². The van der Waals surface area contributed by atoms with E-state index >= 15 is 0 Å². The van der Waals surface area contributed by atoms with Crippen molar-refractivity contribution in [2.75, 3.05) is 26.2 Å². The van der Waals surface area contributed by atoms with Gasteiger partial charge in [0.15, 0.2) is 0 Å². The molecule has 3 rings (SSSR count). The first kappa shape index (κ1) is 15.0. The Bertz CT molecular complexity index is 450. The number of hydrogen-bond acceptors (Lipinski definition) is 3. The van der Waals surface area contributed by atoms with Gasteiger partial charge in [0.05, 0.1) is 6.10 Å². The van der Waals surface area contributed by atoms with E-state index in [1.54, 1.807) is 0 Å². The zero-order chi connectivity index (χ0) is 14.8. The number of rotatable bonds is 4. The van der Waals surface area contributed by atoms with Gasteiger partial charge in [-0.1, -0.05) is 37.3 Å². The third-order valence-electron chi connectivity index (χ3n) is 5.29. The molecule has 2 aliphatic rings. The van der Waals surface area contributed by atoms with Crippen LogP contribution in [0.5, 0.6) is 0 Å². The lowest BCUT2D eigenvalue weighted by molar-refractivity contribution is 0.0564. The number of hydrogen-bond donors (Lipinski definition) is 1. The van der Waals surface area contributed by atoms with E-state index in [0.717, 1.165) is 32.6 Å². The quantitative estimate of drug-likeness (QED) is 0.921. The first-order chi connectivity index (χ1) is 10.1. The molecule has 0 unspecified atom stereocenters. The molecular weight excluding hydrogens is 260 g/mol. The van der Waals surface area contributed by atoms with Gasteiger partial charge in [-0.15, -0.1) is 0 Å². The van der Waals surface area contributed by atoms with Crippen LogP contribution in [-0.2, 0) is 0 Å². The highest BCUT2D eigenvalue weighted by atomic mass is 16.3. The van der Waals surface area contributed by atoms with Crippen LogP contribution < -0.4 is 0 Å². The second-order valence-corrected chi connectivity index (χ2v) is 6.94. The molecule has 3 heteroatoms. The molecule has 1 N–H and O–H groups in total. The van der Waals surface area contributed by atoms with E-state index in [1.165, 1.54) is 12.0 Å². The van der Waals surface area contributed by atoms with Gasteiger partial charge in [-0.2, -0.15) is 0 Å². The van der Waals surface area contributed by atoms with Crippen LogP contribution in [0.25, 0.3) is 0 Å². The third-order valence-corrected chi connectivity index (χ3v) is 5.29. The number of aliphatic hydroxyl groups excluding tert-OH is 1. The van der Waals surface area contributed by atoms with Gasteiger partial charge >= 0.3 is 0 Å². The highest BCUT2D eigenvalue weighted by molar-refractivity contribution is 5.18. The van der Waals surface area contributed by atoms with Crippen LogP contribution in [-0.4, -0.2) is 59.3 Å². The van der Waals surface area contributed by atoms with Crippen LogP contribution in [0.1, 0.15) is 38.2 Å². The largest absolute Gasteiger partial charge is 0.392 e. The van der Waals surface area contributed by atoms with Crippen LogP contribution in [0.4, 0.5) is 0 Å². The molecule has 0 bridgehead atoms. The minimum Gasteiger partial charge on any atom is -0.392 e. The van der Waals surface area contributed by atoms with Crippen LogP contribution in [0.2, 0.25) is 0 Å². The first-order valence-corrected chi connectivity index (χ1v) is 8.34. The molecule has 1 aromatic rings. The van der Waals surface area contributed by atoms with E-state index in [2.05, 4.69) is 54.0 Å². The lowest BCUT2D eigenvalue weighted by Crippen LogP contribution is -2.55. The Morgan fingerprint density at radius 3 is 2.71 bits per heavy atom. The van der Waals surface area contributed by atoms with Crippen molar-refractivity contribution in [1.29, 1.82) is 0 Å². The van der Waals surface area contributed by atoms with Crippen molar-refractivity contribution in [1.82, 2.24) is 9.80 Å².